The van der Waals surface area contributed by atoms with Gasteiger partial charge < -0.3 is 65.3 Å². The first kappa shape index (κ1) is 37.6. The first-order valence-corrected chi connectivity index (χ1v) is 17.3. The van der Waals surface area contributed by atoms with Crippen molar-refractivity contribution in [1.82, 2.24) is 0 Å². The first-order chi connectivity index (χ1) is 23.4. The van der Waals surface area contributed by atoms with Crippen molar-refractivity contribution in [3.8, 4) is 0 Å². The number of aliphatic hydroxyl groups is 2. The summed E-state index contributed by atoms with van der Waals surface area (Å²) in [6, 6.07) is 8.22. The topological polar surface area (TPSA) is 161 Å². The maximum Gasteiger partial charge on any atom is 0.338 e. The number of rotatable bonds is 10. The quantitative estimate of drug-likeness (QED) is 0.162. The Morgan fingerprint density at radius 2 is 1.62 bits per heavy atom. The highest BCUT2D eigenvalue weighted by atomic mass is 79.9. The molecule has 6 aliphatic rings. The zero-order valence-corrected chi connectivity index (χ0v) is 31.2. The van der Waals surface area contributed by atoms with E-state index in [1.54, 1.807) is 51.7 Å². The summed E-state index contributed by atoms with van der Waals surface area (Å²) < 4.78 is 44.0. The number of esters is 3. The molecular weight excluding hydrogens is 718 g/mol. The lowest BCUT2D eigenvalue weighted by Crippen LogP contribution is -3.22. The monoisotopic (exact) mass is 767 g/mol. The molecule has 1 aliphatic heterocycles. The third-order valence-corrected chi connectivity index (χ3v) is 13.6. The van der Waals surface area contributed by atoms with Gasteiger partial charge in [-0.25, -0.2) is 4.79 Å². The number of hydrogen-bond acceptors (Lipinski definition) is 12. The molecule has 16 atom stereocenters. The Hall–Kier alpha value is -2.17. The standard InChI is InChI=1S/C36H49NO12.BrH/c1-8-37-16-33(17-43-4)22(47-18(2)38)14-23(44-5)35-21-15-34(42)30(48-32(41)20-12-10-9-11-13-20)24(21)36(49-19(3)39,29(40)31(34)46-7)25(28(35)37)26(45-6)27(33)35;/h9-13,21-31,40,42H,8,14-17H2,1-7H3;1H. The fraction of sp³-hybridized carbons (Fsp3) is 0.750. The van der Waals surface area contributed by atoms with Crippen molar-refractivity contribution in [3.05, 3.63) is 35.9 Å². The lowest BCUT2D eigenvalue weighted by molar-refractivity contribution is -0.953. The first-order valence-electron chi connectivity index (χ1n) is 17.3. The van der Waals surface area contributed by atoms with E-state index in [1.807, 2.05) is 0 Å². The van der Waals surface area contributed by atoms with Crippen LogP contribution >= 0.6 is 0 Å². The van der Waals surface area contributed by atoms with Crippen LogP contribution in [0.1, 0.15) is 44.0 Å². The smallest absolute Gasteiger partial charge is 0.338 e. The molecule has 1 aromatic carbocycles. The van der Waals surface area contributed by atoms with E-state index in [0.717, 1.165) is 4.90 Å². The fourth-order valence-corrected chi connectivity index (χ4v) is 12.9. The Bertz CT molecular complexity index is 1480. The van der Waals surface area contributed by atoms with Gasteiger partial charge in [-0.1, -0.05) is 18.2 Å². The second-order valence-electron chi connectivity index (χ2n) is 15.2. The van der Waals surface area contributed by atoms with Gasteiger partial charge in [0.15, 0.2) is 5.60 Å². The van der Waals surface area contributed by atoms with Crippen LogP contribution in [-0.4, -0.2) is 130 Å². The van der Waals surface area contributed by atoms with Crippen LogP contribution in [0.5, 0.6) is 0 Å². The van der Waals surface area contributed by atoms with E-state index >= 15 is 0 Å². The molecule has 13 nitrogen and oxygen atoms in total. The average molecular weight is 769 g/mol. The normalized spacial score (nSPS) is 47.5. The molecule has 14 heteroatoms. The van der Waals surface area contributed by atoms with Crippen molar-refractivity contribution in [1.29, 1.82) is 0 Å². The average Bonchev–Trinajstić information content (AvgIpc) is 3.44. The Kier molecular flexibility index (Phi) is 9.81. The molecule has 1 heterocycles. The minimum atomic E-state index is -1.85. The van der Waals surface area contributed by atoms with Gasteiger partial charge >= 0.3 is 17.9 Å². The van der Waals surface area contributed by atoms with Crippen LogP contribution in [0.3, 0.4) is 0 Å². The van der Waals surface area contributed by atoms with Crippen molar-refractivity contribution in [3.63, 3.8) is 0 Å². The van der Waals surface area contributed by atoms with E-state index in [9.17, 15) is 24.6 Å². The number of carbonyl (C=O) groups excluding carboxylic acids is 3. The maximum atomic E-state index is 13.8. The van der Waals surface area contributed by atoms with Crippen LogP contribution in [0.2, 0.25) is 0 Å². The van der Waals surface area contributed by atoms with Crippen LogP contribution in [0.15, 0.2) is 30.3 Å². The van der Waals surface area contributed by atoms with Gasteiger partial charge in [-0.15, -0.1) is 0 Å². The molecule has 1 saturated heterocycles. The summed E-state index contributed by atoms with van der Waals surface area (Å²) in [5, 5.41) is 25.5. The number of halogens is 1. The summed E-state index contributed by atoms with van der Waals surface area (Å²) in [5.74, 6) is -4.13. The minimum absolute atomic E-state index is 0. The largest absolute Gasteiger partial charge is 1.00 e. The summed E-state index contributed by atoms with van der Waals surface area (Å²) in [5.41, 5.74) is -4.81. The van der Waals surface area contributed by atoms with E-state index in [0.29, 0.717) is 25.1 Å². The van der Waals surface area contributed by atoms with E-state index < -0.39 is 94.3 Å². The number of methoxy groups -OCH3 is 4. The molecule has 1 aromatic rings. The van der Waals surface area contributed by atoms with Crippen LogP contribution in [0, 0.1) is 34.5 Å². The fourth-order valence-electron chi connectivity index (χ4n) is 12.9. The molecule has 6 fully saturated rings. The van der Waals surface area contributed by atoms with E-state index in [1.165, 1.54) is 21.0 Å². The molecule has 1 spiro atoms. The molecule has 5 saturated carbocycles. The number of carbonyl (C=O) groups is 3. The number of piperidine rings is 1. The summed E-state index contributed by atoms with van der Waals surface area (Å²) in [6.45, 7) is 6.23. The summed E-state index contributed by atoms with van der Waals surface area (Å²) in [4.78, 5) is 41.0. The van der Waals surface area contributed by atoms with E-state index in [-0.39, 0.29) is 42.0 Å². The number of quaternary nitrogens is 1. The van der Waals surface area contributed by atoms with Gasteiger partial charge in [0, 0.05) is 60.5 Å². The van der Waals surface area contributed by atoms with E-state index in [2.05, 4.69) is 6.92 Å². The van der Waals surface area contributed by atoms with Crippen LogP contribution < -0.4 is 21.9 Å². The Morgan fingerprint density at radius 1 is 0.920 bits per heavy atom. The molecule has 7 rings (SSSR count). The second kappa shape index (κ2) is 13.0. The van der Waals surface area contributed by atoms with Crippen LogP contribution in [-0.2, 0) is 42.7 Å². The number of hydrogen-bond donors (Lipinski definition) is 3. The van der Waals surface area contributed by atoms with Crippen molar-refractivity contribution in [2.24, 2.45) is 34.5 Å². The van der Waals surface area contributed by atoms with E-state index in [4.69, 9.17) is 33.2 Å². The molecular formula is C36H50BrNO12. The third-order valence-electron chi connectivity index (χ3n) is 13.6. The highest BCUT2D eigenvalue weighted by Crippen LogP contribution is 2.79. The van der Waals surface area contributed by atoms with Crippen molar-refractivity contribution < 1.29 is 79.6 Å². The lowest BCUT2D eigenvalue weighted by Gasteiger charge is -2.68. The molecule has 16 unspecified atom stereocenters. The molecule has 0 aromatic heterocycles. The predicted molar refractivity (Wildman–Crippen MR) is 169 cm³/mol. The number of nitrogens with one attached hydrogen (secondary N) is 1. The maximum absolute atomic E-state index is 13.8. The van der Waals surface area contributed by atoms with Crippen molar-refractivity contribution in [2.45, 2.75) is 87.5 Å². The molecule has 3 N–H and O–H groups in total. The van der Waals surface area contributed by atoms with Gasteiger partial charge in [0.05, 0.1) is 54.2 Å². The zero-order valence-electron chi connectivity index (χ0n) is 29.6. The summed E-state index contributed by atoms with van der Waals surface area (Å²) >= 11 is 0. The number of benzene rings is 1. The lowest BCUT2D eigenvalue weighted by atomic mass is 9.42. The molecule has 50 heavy (non-hydrogen) atoms. The zero-order chi connectivity index (χ0) is 35.3. The SMILES string of the molecule is CC[NH+]1CC2(COC)C(OC(C)=O)CC(OC)C34C5CC6(O)C(OC)C(O)C(OC(C)=O)(C5C6OC(=O)c5ccccc5)C(C(OC)C23)C14.[Br-]. The summed E-state index contributed by atoms with van der Waals surface area (Å²) in [7, 11) is 6.29. The Labute approximate surface area is 302 Å². The molecule has 278 valence electrons. The molecule has 0 amide bonds. The number of likely N-dealkylation sites (tertiary alicyclic amines) is 1. The van der Waals surface area contributed by atoms with Gasteiger partial charge in [-0.05, 0) is 31.4 Å². The second-order valence-corrected chi connectivity index (χ2v) is 15.2. The van der Waals surface area contributed by atoms with Crippen LogP contribution in [0.4, 0.5) is 0 Å². The van der Waals surface area contributed by atoms with Gasteiger partial charge in [0.1, 0.15) is 36.1 Å². The molecule has 0 radical (unpaired) electrons. The van der Waals surface area contributed by atoms with Gasteiger partial charge in [-0.3, -0.25) is 9.59 Å². The number of aliphatic hydroxyl groups excluding tert-OH is 1. The molecule has 7 bridgehead atoms. The highest BCUT2D eigenvalue weighted by molar-refractivity contribution is 5.89. The number of ether oxygens (including phenoxy) is 7. The highest BCUT2D eigenvalue weighted by Gasteiger charge is 2.94. The third kappa shape index (κ3) is 4.51. The van der Waals surface area contributed by atoms with Gasteiger partial charge in [0.25, 0.3) is 0 Å². The molecule has 5 aliphatic carbocycles. The van der Waals surface area contributed by atoms with Crippen LogP contribution in [0.25, 0.3) is 0 Å². The van der Waals surface area contributed by atoms with Crippen molar-refractivity contribution >= 4 is 17.9 Å². The number of fused-ring (bicyclic) bond motifs is 2. The van der Waals surface area contributed by atoms with Gasteiger partial charge in [0.2, 0.25) is 0 Å². The Balaban J connectivity index is 0.00000432. The summed E-state index contributed by atoms with van der Waals surface area (Å²) in [6.07, 6.45) is -5.33. The predicted octanol–water partition coefficient (Wildman–Crippen LogP) is -3.19. The van der Waals surface area contributed by atoms with Gasteiger partial charge in [-0.2, -0.15) is 0 Å². The minimum Gasteiger partial charge on any atom is -1.00 e. The Morgan fingerprint density at radius 3 is 2.18 bits per heavy atom. The van der Waals surface area contributed by atoms with Crippen molar-refractivity contribution in [2.75, 3.05) is 48.1 Å².